The lowest BCUT2D eigenvalue weighted by Gasteiger charge is -2.42. The van der Waals surface area contributed by atoms with Crippen molar-refractivity contribution < 1.29 is 9.59 Å². The molecule has 0 saturated carbocycles. The van der Waals surface area contributed by atoms with Crippen LogP contribution in [0.5, 0.6) is 0 Å². The standard InChI is InChI=1S/C15H18N2O2/c1-9(2)13-15(19)17-11-7-5-4-6-10(11)8-12(17)14(18)16(13)3/h4-7,9,12-13H,8H2,1-3H3/t12-,13+/m1/s1. The molecule has 1 fully saturated rings. The number of amides is 2. The van der Waals surface area contributed by atoms with Crippen molar-refractivity contribution in [2.75, 3.05) is 11.9 Å². The van der Waals surface area contributed by atoms with E-state index < -0.39 is 0 Å². The minimum Gasteiger partial charge on any atom is -0.332 e. The first-order valence-corrected chi connectivity index (χ1v) is 6.70. The van der Waals surface area contributed by atoms with Gasteiger partial charge in [-0.3, -0.25) is 14.5 Å². The number of anilines is 1. The summed E-state index contributed by atoms with van der Waals surface area (Å²) in [4.78, 5) is 28.5. The van der Waals surface area contributed by atoms with Crippen LogP contribution in [-0.2, 0) is 16.0 Å². The SMILES string of the molecule is CC(C)[C@H]1C(=O)N2c3ccccc3C[C@@H]2C(=O)N1C. The topological polar surface area (TPSA) is 40.6 Å². The highest BCUT2D eigenvalue weighted by Crippen LogP contribution is 2.37. The summed E-state index contributed by atoms with van der Waals surface area (Å²) in [6, 6.07) is 7.11. The molecule has 4 nitrogen and oxygen atoms in total. The molecule has 100 valence electrons. The number of likely N-dealkylation sites (N-methyl/N-ethyl adjacent to an activating group) is 1. The molecule has 1 saturated heterocycles. The Bertz CT molecular complexity index is 553. The van der Waals surface area contributed by atoms with Gasteiger partial charge in [0.05, 0.1) is 0 Å². The molecular weight excluding hydrogens is 240 g/mol. The third-order valence-corrected chi connectivity index (χ3v) is 4.15. The van der Waals surface area contributed by atoms with E-state index in [1.54, 1.807) is 16.8 Å². The summed E-state index contributed by atoms with van der Waals surface area (Å²) in [5, 5.41) is 0. The van der Waals surface area contributed by atoms with Gasteiger partial charge in [-0.05, 0) is 17.5 Å². The molecule has 0 aromatic heterocycles. The Hall–Kier alpha value is -1.84. The first kappa shape index (κ1) is 12.2. The summed E-state index contributed by atoms with van der Waals surface area (Å²) >= 11 is 0. The van der Waals surface area contributed by atoms with Crippen molar-refractivity contribution in [1.82, 2.24) is 4.90 Å². The van der Waals surface area contributed by atoms with Crippen LogP contribution in [0.2, 0.25) is 0 Å². The molecule has 2 aliphatic heterocycles. The number of benzene rings is 1. The number of rotatable bonds is 1. The zero-order chi connectivity index (χ0) is 13.7. The molecule has 3 rings (SSSR count). The van der Waals surface area contributed by atoms with Gasteiger partial charge in [0.25, 0.3) is 5.91 Å². The smallest absolute Gasteiger partial charge is 0.250 e. The summed E-state index contributed by atoms with van der Waals surface area (Å²) < 4.78 is 0. The van der Waals surface area contributed by atoms with Crippen LogP contribution in [0.3, 0.4) is 0 Å². The molecule has 0 N–H and O–H groups in total. The van der Waals surface area contributed by atoms with E-state index in [1.165, 1.54) is 0 Å². The molecule has 0 unspecified atom stereocenters. The average Bonchev–Trinajstić information content (AvgIpc) is 2.75. The van der Waals surface area contributed by atoms with Gasteiger partial charge in [0, 0.05) is 19.2 Å². The van der Waals surface area contributed by atoms with Crippen molar-refractivity contribution in [3.63, 3.8) is 0 Å². The molecule has 0 radical (unpaired) electrons. The fraction of sp³-hybridized carbons (Fsp3) is 0.467. The monoisotopic (exact) mass is 258 g/mol. The molecule has 2 amide bonds. The minimum atomic E-state index is -0.352. The Labute approximate surface area is 113 Å². The van der Waals surface area contributed by atoms with Gasteiger partial charge < -0.3 is 4.90 Å². The van der Waals surface area contributed by atoms with E-state index >= 15 is 0 Å². The number of piperazine rings is 1. The lowest BCUT2D eigenvalue weighted by Crippen LogP contribution is -2.64. The molecule has 2 heterocycles. The first-order valence-electron chi connectivity index (χ1n) is 6.70. The quantitative estimate of drug-likeness (QED) is 0.765. The predicted octanol–water partition coefficient (Wildman–Crippen LogP) is 1.44. The number of para-hydroxylation sites is 1. The third kappa shape index (κ3) is 1.59. The highest BCUT2D eigenvalue weighted by atomic mass is 16.2. The highest BCUT2D eigenvalue weighted by molar-refractivity contribution is 6.10. The number of carbonyl (C=O) groups is 2. The number of carbonyl (C=O) groups excluding carboxylic acids is 2. The van der Waals surface area contributed by atoms with Crippen molar-refractivity contribution in [1.29, 1.82) is 0 Å². The second-order valence-electron chi connectivity index (χ2n) is 5.69. The van der Waals surface area contributed by atoms with Crippen molar-refractivity contribution in [3.8, 4) is 0 Å². The van der Waals surface area contributed by atoms with Gasteiger partial charge in [-0.2, -0.15) is 0 Å². The molecule has 1 aromatic carbocycles. The molecule has 2 aliphatic rings. The van der Waals surface area contributed by atoms with Gasteiger partial charge in [0.2, 0.25) is 5.91 Å². The van der Waals surface area contributed by atoms with Crippen LogP contribution in [0.25, 0.3) is 0 Å². The summed E-state index contributed by atoms with van der Waals surface area (Å²) in [6.07, 6.45) is 0.635. The van der Waals surface area contributed by atoms with Crippen LogP contribution < -0.4 is 4.90 Å². The number of hydrogen-bond donors (Lipinski definition) is 0. The summed E-state index contributed by atoms with van der Waals surface area (Å²) in [7, 11) is 1.74. The Morgan fingerprint density at radius 3 is 2.53 bits per heavy atom. The van der Waals surface area contributed by atoms with Crippen molar-refractivity contribution in [3.05, 3.63) is 29.8 Å². The van der Waals surface area contributed by atoms with Crippen LogP contribution in [-0.4, -0.2) is 35.8 Å². The maximum Gasteiger partial charge on any atom is 0.250 e. The molecule has 0 aliphatic carbocycles. The van der Waals surface area contributed by atoms with Gasteiger partial charge >= 0.3 is 0 Å². The number of fused-ring (bicyclic) bond motifs is 3. The molecule has 0 bridgehead atoms. The largest absolute Gasteiger partial charge is 0.332 e. The third-order valence-electron chi connectivity index (χ3n) is 4.15. The second-order valence-corrected chi connectivity index (χ2v) is 5.69. The first-order chi connectivity index (χ1) is 9.02. The molecule has 19 heavy (non-hydrogen) atoms. The van der Waals surface area contributed by atoms with Crippen molar-refractivity contribution in [2.24, 2.45) is 5.92 Å². The molecule has 1 aromatic rings. The molecule has 4 heteroatoms. The van der Waals surface area contributed by atoms with E-state index in [9.17, 15) is 9.59 Å². The van der Waals surface area contributed by atoms with Gasteiger partial charge in [-0.15, -0.1) is 0 Å². The Morgan fingerprint density at radius 1 is 1.16 bits per heavy atom. The zero-order valence-corrected chi connectivity index (χ0v) is 11.5. The fourth-order valence-electron chi connectivity index (χ4n) is 3.27. The van der Waals surface area contributed by atoms with Crippen LogP contribution >= 0.6 is 0 Å². The van der Waals surface area contributed by atoms with Crippen molar-refractivity contribution in [2.45, 2.75) is 32.4 Å². The molecule has 2 atom stereocenters. The lowest BCUT2D eigenvalue weighted by molar-refractivity contribution is -0.145. The van der Waals surface area contributed by atoms with Gasteiger partial charge in [0.1, 0.15) is 12.1 Å². The lowest BCUT2D eigenvalue weighted by atomic mass is 9.96. The van der Waals surface area contributed by atoms with E-state index in [0.29, 0.717) is 6.42 Å². The van der Waals surface area contributed by atoms with Gasteiger partial charge in [0.15, 0.2) is 0 Å². The second kappa shape index (κ2) is 4.08. The highest BCUT2D eigenvalue weighted by Gasteiger charge is 2.49. The van der Waals surface area contributed by atoms with E-state index in [4.69, 9.17) is 0 Å². The normalized spacial score (nSPS) is 25.9. The predicted molar refractivity (Wildman–Crippen MR) is 72.8 cm³/mol. The van der Waals surface area contributed by atoms with Crippen LogP contribution in [0.15, 0.2) is 24.3 Å². The molecular formula is C15H18N2O2. The Balaban J connectivity index is 2.07. The van der Waals surface area contributed by atoms with Crippen LogP contribution in [0.1, 0.15) is 19.4 Å². The Kier molecular flexibility index (Phi) is 2.62. The van der Waals surface area contributed by atoms with E-state index in [0.717, 1.165) is 11.3 Å². The fourth-order valence-corrected chi connectivity index (χ4v) is 3.27. The summed E-state index contributed by atoms with van der Waals surface area (Å²) in [6.45, 7) is 3.96. The maximum atomic E-state index is 12.7. The Morgan fingerprint density at radius 2 is 1.84 bits per heavy atom. The zero-order valence-electron chi connectivity index (χ0n) is 11.5. The average molecular weight is 258 g/mol. The van der Waals surface area contributed by atoms with E-state index in [-0.39, 0.29) is 29.8 Å². The summed E-state index contributed by atoms with van der Waals surface area (Å²) in [5.74, 6) is 0.219. The van der Waals surface area contributed by atoms with E-state index in [1.807, 2.05) is 38.1 Å². The van der Waals surface area contributed by atoms with Gasteiger partial charge in [-0.1, -0.05) is 32.0 Å². The summed E-state index contributed by atoms with van der Waals surface area (Å²) in [5.41, 5.74) is 2.00. The maximum absolute atomic E-state index is 12.7. The van der Waals surface area contributed by atoms with Crippen molar-refractivity contribution >= 4 is 17.5 Å². The minimum absolute atomic E-state index is 0.0482. The molecule has 0 spiro atoms. The number of nitrogens with zero attached hydrogens (tertiary/aromatic N) is 2. The van der Waals surface area contributed by atoms with Crippen LogP contribution in [0.4, 0.5) is 5.69 Å². The van der Waals surface area contributed by atoms with E-state index in [2.05, 4.69) is 0 Å². The van der Waals surface area contributed by atoms with Gasteiger partial charge in [-0.25, -0.2) is 0 Å². The van der Waals surface area contributed by atoms with Crippen LogP contribution in [0, 0.1) is 5.92 Å². The number of hydrogen-bond acceptors (Lipinski definition) is 2.